The Morgan fingerprint density at radius 1 is 0.878 bits per heavy atom. The maximum Gasteiger partial charge on any atom is 0.349 e. The maximum atomic E-state index is 12.4. The normalized spacial score (nSPS) is 14.0. The van der Waals surface area contributed by atoms with Gasteiger partial charge in [-0.15, -0.1) is 0 Å². The van der Waals surface area contributed by atoms with Gasteiger partial charge >= 0.3 is 5.97 Å². The number of hydrogen-bond donors (Lipinski definition) is 1. The Morgan fingerprint density at radius 3 is 2.37 bits per heavy atom. The summed E-state index contributed by atoms with van der Waals surface area (Å²) in [5.74, 6) is 0.511. The highest BCUT2D eigenvalue weighted by molar-refractivity contribution is 6.35. The van der Waals surface area contributed by atoms with Gasteiger partial charge in [0, 0.05) is 32.3 Å². The number of allylic oxidation sites excluding steroid dienone is 1. The summed E-state index contributed by atoms with van der Waals surface area (Å²) in [7, 11) is 0. The number of carbonyl (C=O) groups excluding carboxylic acids is 1. The average Bonchev–Trinajstić information content (AvgIpc) is 2.95. The Balaban J connectivity index is 1.30. The molecule has 0 amide bonds. The van der Waals surface area contributed by atoms with E-state index in [1.54, 1.807) is 66.7 Å². The number of nitrogens with two attached hydrogens (primary N) is 1. The van der Waals surface area contributed by atoms with Crippen molar-refractivity contribution in [3.63, 3.8) is 0 Å². The van der Waals surface area contributed by atoms with Crippen molar-refractivity contribution in [1.29, 1.82) is 5.26 Å². The third-order valence-corrected chi connectivity index (χ3v) is 7.02. The molecule has 1 heterocycles. The lowest BCUT2D eigenvalue weighted by molar-refractivity contribution is -0.136. The Kier molecular flexibility index (Phi) is 8.55. The molecule has 0 saturated heterocycles. The summed E-state index contributed by atoms with van der Waals surface area (Å²) in [6.45, 7) is -0.0580. The van der Waals surface area contributed by atoms with E-state index >= 15 is 0 Å². The van der Waals surface area contributed by atoms with Crippen LogP contribution < -0.4 is 24.7 Å². The molecule has 0 bridgehead atoms. The second kappa shape index (κ2) is 12.4. The lowest BCUT2D eigenvalue weighted by Crippen LogP contribution is -2.21. The molecule has 10 heteroatoms. The summed E-state index contributed by atoms with van der Waals surface area (Å²) in [5, 5.41) is 11.4. The van der Waals surface area contributed by atoms with Gasteiger partial charge in [-0.1, -0.05) is 65.1 Å². The Morgan fingerprint density at radius 2 is 1.63 bits per heavy atom. The van der Waals surface area contributed by atoms with Crippen molar-refractivity contribution in [2.45, 2.75) is 12.5 Å². The summed E-state index contributed by atoms with van der Waals surface area (Å²) in [6, 6.07) is 26.3. The van der Waals surface area contributed by atoms with E-state index in [-0.39, 0.29) is 30.4 Å². The molecule has 1 aliphatic rings. The van der Waals surface area contributed by atoms with Crippen LogP contribution in [0.1, 0.15) is 22.6 Å². The van der Waals surface area contributed by atoms with Crippen molar-refractivity contribution >= 4 is 40.8 Å². The van der Waals surface area contributed by atoms with Crippen LogP contribution in [0.25, 0.3) is 0 Å². The second-order valence-corrected chi connectivity index (χ2v) is 10.2. The van der Waals surface area contributed by atoms with Crippen molar-refractivity contribution in [3.05, 3.63) is 128 Å². The molecule has 0 saturated carbocycles. The van der Waals surface area contributed by atoms with Gasteiger partial charge in [0.05, 0.1) is 5.92 Å². The second-order valence-electron chi connectivity index (χ2n) is 8.94. The molecular formula is C31H21Cl3N2O5. The first-order chi connectivity index (χ1) is 19.8. The summed E-state index contributed by atoms with van der Waals surface area (Å²) in [4.78, 5) is 12.4. The van der Waals surface area contributed by atoms with Crippen LogP contribution in [0.3, 0.4) is 0 Å². The molecule has 4 aromatic carbocycles. The monoisotopic (exact) mass is 606 g/mol. The van der Waals surface area contributed by atoms with Gasteiger partial charge in [-0.25, -0.2) is 4.79 Å². The molecule has 2 N–H and O–H groups in total. The molecule has 7 nitrogen and oxygen atoms in total. The molecule has 0 aliphatic carbocycles. The number of ether oxygens (including phenoxy) is 4. The zero-order valence-corrected chi connectivity index (χ0v) is 23.5. The van der Waals surface area contributed by atoms with Gasteiger partial charge in [0.2, 0.25) is 5.88 Å². The molecule has 0 fully saturated rings. The maximum absolute atomic E-state index is 12.4. The molecular weight excluding hydrogens is 587 g/mol. The molecule has 1 unspecified atom stereocenters. The Hall–Kier alpha value is -4.35. The molecule has 206 valence electrons. The smallest absolute Gasteiger partial charge is 0.349 e. The standard InChI is InChI=1S/C31H21Cl3N2O5/c32-20-2-1-3-23(12-20)39-17-29(37)40-24-10-11-25-28(14-24)41-31(36)26(15-35)30(25)18-5-8-22(9-6-18)38-16-19-4-7-21(33)13-27(19)34/h1-14,30H,16-17,36H2. The van der Waals surface area contributed by atoms with Gasteiger partial charge < -0.3 is 24.7 Å². The van der Waals surface area contributed by atoms with Crippen LogP contribution >= 0.6 is 34.8 Å². The molecule has 0 aromatic heterocycles. The number of esters is 1. The van der Waals surface area contributed by atoms with E-state index in [0.717, 1.165) is 11.1 Å². The third-order valence-electron chi connectivity index (χ3n) is 6.20. The number of nitrogens with zero attached hydrogens (tertiary/aromatic N) is 1. The van der Waals surface area contributed by atoms with E-state index in [1.165, 1.54) is 0 Å². The third kappa shape index (κ3) is 6.69. The van der Waals surface area contributed by atoms with Crippen LogP contribution in [0.2, 0.25) is 15.1 Å². The van der Waals surface area contributed by atoms with E-state index in [4.69, 9.17) is 59.5 Å². The highest BCUT2D eigenvalue weighted by Gasteiger charge is 2.31. The van der Waals surface area contributed by atoms with Gasteiger partial charge in [0.1, 0.15) is 41.2 Å². The minimum absolute atomic E-state index is 0.0320. The Labute approximate surface area is 251 Å². The summed E-state index contributed by atoms with van der Waals surface area (Å²) in [5.41, 5.74) is 8.67. The van der Waals surface area contributed by atoms with E-state index in [0.29, 0.717) is 37.9 Å². The molecule has 4 aromatic rings. The van der Waals surface area contributed by atoms with Crippen LogP contribution in [0.4, 0.5) is 0 Å². The van der Waals surface area contributed by atoms with E-state index in [1.807, 2.05) is 18.2 Å². The summed E-state index contributed by atoms with van der Waals surface area (Å²) < 4.78 is 22.5. The first-order valence-electron chi connectivity index (χ1n) is 12.3. The van der Waals surface area contributed by atoms with Crippen LogP contribution in [-0.4, -0.2) is 12.6 Å². The van der Waals surface area contributed by atoms with Crippen LogP contribution in [-0.2, 0) is 11.4 Å². The fourth-order valence-corrected chi connectivity index (χ4v) is 4.90. The SMILES string of the molecule is N#CC1=C(N)Oc2cc(OC(=O)COc3cccc(Cl)c3)ccc2C1c1ccc(OCc2ccc(Cl)cc2Cl)cc1. The highest BCUT2D eigenvalue weighted by atomic mass is 35.5. The predicted octanol–water partition coefficient (Wildman–Crippen LogP) is 7.43. The molecule has 0 spiro atoms. The molecule has 41 heavy (non-hydrogen) atoms. The lowest BCUT2D eigenvalue weighted by atomic mass is 9.83. The van der Waals surface area contributed by atoms with Crippen LogP contribution in [0.15, 0.2) is 96.4 Å². The zero-order chi connectivity index (χ0) is 28.9. The van der Waals surface area contributed by atoms with E-state index in [9.17, 15) is 10.1 Å². The van der Waals surface area contributed by atoms with Crippen LogP contribution in [0, 0.1) is 11.3 Å². The quantitative estimate of drug-likeness (QED) is 0.164. The number of carbonyl (C=O) groups is 1. The van der Waals surface area contributed by atoms with Gasteiger partial charge in [-0.3, -0.25) is 0 Å². The predicted molar refractivity (Wildman–Crippen MR) is 156 cm³/mol. The lowest BCUT2D eigenvalue weighted by Gasteiger charge is -2.26. The molecule has 1 atom stereocenters. The fraction of sp³-hybridized carbons (Fsp3) is 0.0968. The van der Waals surface area contributed by atoms with Gasteiger partial charge in [-0.2, -0.15) is 5.26 Å². The number of rotatable bonds is 8. The molecule has 5 rings (SSSR count). The fourth-order valence-electron chi connectivity index (χ4n) is 4.26. The van der Waals surface area contributed by atoms with Crippen molar-refractivity contribution in [1.82, 2.24) is 0 Å². The molecule has 0 radical (unpaired) electrons. The highest BCUT2D eigenvalue weighted by Crippen LogP contribution is 2.43. The number of halogens is 3. The number of fused-ring (bicyclic) bond motifs is 1. The van der Waals surface area contributed by atoms with Crippen LogP contribution in [0.5, 0.6) is 23.0 Å². The van der Waals surface area contributed by atoms with Gasteiger partial charge in [-0.05, 0) is 54.1 Å². The number of hydrogen-bond acceptors (Lipinski definition) is 7. The van der Waals surface area contributed by atoms with Crippen molar-refractivity contribution in [2.75, 3.05) is 6.61 Å². The van der Waals surface area contributed by atoms with Gasteiger partial charge in [0.25, 0.3) is 0 Å². The summed E-state index contributed by atoms with van der Waals surface area (Å²) >= 11 is 18.1. The Bertz CT molecular complexity index is 1680. The van der Waals surface area contributed by atoms with Gasteiger partial charge in [0.15, 0.2) is 6.61 Å². The first-order valence-corrected chi connectivity index (χ1v) is 13.4. The number of nitriles is 1. The van der Waals surface area contributed by atoms with E-state index < -0.39 is 11.9 Å². The minimum Gasteiger partial charge on any atom is -0.489 e. The topological polar surface area (TPSA) is 104 Å². The van der Waals surface area contributed by atoms with Crippen molar-refractivity contribution < 1.29 is 23.7 Å². The van der Waals surface area contributed by atoms with Crippen molar-refractivity contribution in [2.24, 2.45) is 5.73 Å². The minimum atomic E-state index is -0.617. The molecule has 1 aliphatic heterocycles. The zero-order valence-electron chi connectivity index (χ0n) is 21.3. The largest absolute Gasteiger partial charge is 0.489 e. The summed E-state index contributed by atoms with van der Waals surface area (Å²) in [6.07, 6.45) is 0. The van der Waals surface area contributed by atoms with E-state index in [2.05, 4.69) is 6.07 Å². The average molecular weight is 608 g/mol. The number of benzene rings is 4. The van der Waals surface area contributed by atoms with Crippen molar-refractivity contribution in [3.8, 4) is 29.1 Å². The first kappa shape index (κ1) is 28.2.